The van der Waals surface area contributed by atoms with Crippen LogP contribution >= 0.6 is 0 Å². The molecule has 1 atom stereocenters. The van der Waals surface area contributed by atoms with Crippen LogP contribution in [0.4, 0.5) is 0 Å². The Balaban J connectivity index is 1.58. The molecule has 2 aromatic carbocycles. The molecule has 0 saturated carbocycles. The number of hydrogen-bond acceptors (Lipinski definition) is 4. The molecule has 2 aromatic rings. The van der Waals surface area contributed by atoms with Gasteiger partial charge < -0.3 is 19.5 Å². The molecule has 4 nitrogen and oxygen atoms in total. The van der Waals surface area contributed by atoms with Gasteiger partial charge in [-0.1, -0.05) is 24.3 Å². The molecular formula is C24H31NO3. The molecule has 3 rings (SSSR count). The number of rotatable bonds is 9. The summed E-state index contributed by atoms with van der Waals surface area (Å²) in [6.07, 6.45) is 6.52. The van der Waals surface area contributed by atoms with E-state index < -0.39 is 0 Å². The van der Waals surface area contributed by atoms with Gasteiger partial charge in [-0.3, -0.25) is 0 Å². The molecule has 1 N–H and O–H groups in total. The Bertz CT molecular complexity index is 811. The van der Waals surface area contributed by atoms with Gasteiger partial charge in [-0.25, -0.2) is 0 Å². The molecule has 0 fully saturated rings. The lowest BCUT2D eigenvalue weighted by atomic mass is 9.89. The van der Waals surface area contributed by atoms with Crippen molar-refractivity contribution in [2.24, 2.45) is 0 Å². The first-order valence-electron chi connectivity index (χ1n) is 9.95. The normalized spacial score (nSPS) is 14.1. The second-order valence-corrected chi connectivity index (χ2v) is 7.26. The van der Waals surface area contributed by atoms with Crippen LogP contribution in [0, 0.1) is 0 Å². The molecule has 0 aromatic heterocycles. The molecule has 1 unspecified atom stereocenters. The van der Waals surface area contributed by atoms with Crippen LogP contribution in [0.3, 0.4) is 0 Å². The van der Waals surface area contributed by atoms with E-state index in [1.807, 2.05) is 18.2 Å². The van der Waals surface area contributed by atoms with Gasteiger partial charge in [-0.2, -0.15) is 0 Å². The van der Waals surface area contributed by atoms with Gasteiger partial charge in [0.15, 0.2) is 11.5 Å². The number of ether oxygens (including phenoxy) is 3. The minimum Gasteiger partial charge on any atom is -0.497 e. The van der Waals surface area contributed by atoms with Gasteiger partial charge in [0.2, 0.25) is 0 Å². The number of benzene rings is 2. The summed E-state index contributed by atoms with van der Waals surface area (Å²) >= 11 is 0. The fourth-order valence-electron chi connectivity index (χ4n) is 3.77. The Morgan fingerprint density at radius 2 is 1.75 bits per heavy atom. The average Bonchev–Trinajstić information content (AvgIpc) is 2.75. The van der Waals surface area contributed by atoms with E-state index in [0.29, 0.717) is 6.04 Å². The summed E-state index contributed by atoms with van der Waals surface area (Å²) in [6, 6.07) is 12.9. The van der Waals surface area contributed by atoms with Gasteiger partial charge in [0.25, 0.3) is 0 Å². The molecule has 0 saturated heterocycles. The van der Waals surface area contributed by atoms with E-state index in [-0.39, 0.29) is 0 Å². The lowest BCUT2D eigenvalue weighted by molar-refractivity contribution is 0.351. The molecule has 1 aliphatic carbocycles. The molecule has 150 valence electrons. The van der Waals surface area contributed by atoms with Crippen LogP contribution in [0.15, 0.2) is 42.5 Å². The Hall–Kier alpha value is -2.46. The van der Waals surface area contributed by atoms with Crippen molar-refractivity contribution in [3.63, 3.8) is 0 Å². The van der Waals surface area contributed by atoms with Crippen molar-refractivity contribution >= 4 is 5.57 Å². The lowest BCUT2D eigenvalue weighted by Gasteiger charge is -2.23. The fraction of sp³-hybridized carbons (Fsp3) is 0.417. The molecule has 28 heavy (non-hydrogen) atoms. The van der Waals surface area contributed by atoms with Crippen molar-refractivity contribution in [1.29, 1.82) is 0 Å². The highest BCUT2D eigenvalue weighted by Crippen LogP contribution is 2.39. The highest BCUT2D eigenvalue weighted by molar-refractivity contribution is 5.75. The number of nitrogens with one attached hydrogen (secondary N) is 1. The molecule has 4 heteroatoms. The fourth-order valence-corrected chi connectivity index (χ4v) is 3.77. The zero-order valence-corrected chi connectivity index (χ0v) is 17.4. The lowest BCUT2D eigenvalue weighted by Crippen LogP contribution is -2.28. The Kier molecular flexibility index (Phi) is 6.99. The molecule has 0 amide bonds. The van der Waals surface area contributed by atoms with Crippen LogP contribution in [-0.4, -0.2) is 33.9 Å². The summed E-state index contributed by atoms with van der Waals surface area (Å²) in [5.74, 6) is 2.59. The van der Waals surface area contributed by atoms with Crippen LogP contribution < -0.4 is 19.5 Å². The first-order chi connectivity index (χ1) is 13.7. The van der Waals surface area contributed by atoms with Gasteiger partial charge in [-0.05, 0) is 67.5 Å². The SMILES string of the molecule is COc1ccc(CCC(C)NCC2=CCCc3c2ccc(OC)c3OC)cc1. The van der Waals surface area contributed by atoms with Crippen LogP contribution in [0.1, 0.15) is 36.5 Å². The van der Waals surface area contributed by atoms with Crippen LogP contribution in [-0.2, 0) is 12.8 Å². The number of allylic oxidation sites excluding steroid dienone is 1. The molecule has 0 bridgehead atoms. The summed E-state index contributed by atoms with van der Waals surface area (Å²) in [6.45, 7) is 3.12. The van der Waals surface area contributed by atoms with E-state index in [4.69, 9.17) is 14.2 Å². The Morgan fingerprint density at radius 1 is 0.964 bits per heavy atom. The third kappa shape index (κ3) is 4.68. The maximum absolute atomic E-state index is 5.63. The summed E-state index contributed by atoms with van der Waals surface area (Å²) in [4.78, 5) is 0. The largest absolute Gasteiger partial charge is 0.497 e. The average molecular weight is 382 g/mol. The maximum atomic E-state index is 5.63. The van der Waals surface area contributed by atoms with Gasteiger partial charge in [0.1, 0.15) is 5.75 Å². The van der Waals surface area contributed by atoms with Crippen molar-refractivity contribution in [3.05, 3.63) is 59.2 Å². The van der Waals surface area contributed by atoms with E-state index in [0.717, 1.165) is 49.5 Å². The third-order valence-electron chi connectivity index (χ3n) is 5.45. The number of fused-ring (bicyclic) bond motifs is 1. The van der Waals surface area contributed by atoms with Crippen molar-refractivity contribution in [1.82, 2.24) is 5.32 Å². The summed E-state index contributed by atoms with van der Waals surface area (Å²) in [5.41, 5.74) is 5.22. The molecular weight excluding hydrogens is 350 g/mol. The summed E-state index contributed by atoms with van der Waals surface area (Å²) in [5, 5.41) is 3.69. The summed E-state index contributed by atoms with van der Waals surface area (Å²) < 4.78 is 16.3. The summed E-state index contributed by atoms with van der Waals surface area (Å²) in [7, 11) is 5.11. The van der Waals surface area contributed by atoms with Gasteiger partial charge in [0.05, 0.1) is 21.3 Å². The zero-order valence-electron chi connectivity index (χ0n) is 17.4. The predicted molar refractivity (Wildman–Crippen MR) is 115 cm³/mol. The highest BCUT2D eigenvalue weighted by Gasteiger charge is 2.20. The predicted octanol–water partition coefficient (Wildman–Crippen LogP) is 4.65. The second-order valence-electron chi connectivity index (χ2n) is 7.26. The number of aryl methyl sites for hydroxylation is 1. The van der Waals surface area contributed by atoms with Crippen molar-refractivity contribution in [2.45, 2.75) is 38.6 Å². The van der Waals surface area contributed by atoms with E-state index in [1.165, 1.54) is 22.3 Å². The quantitative estimate of drug-likeness (QED) is 0.686. The highest BCUT2D eigenvalue weighted by atomic mass is 16.5. The van der Waals surface area contributed by atoms with Crippen molar-refractivity contribution in [2.75, 3.05) is 27.9 Å². The molecule has 0 spiro atoms. The second kappa shape index (κ2) is 9.65. The number of hydrogen-bond donors (Lipinski definition) is 1. The Morgan fingerprint density at radius 3 is 2.43 bits per heavy atom. The van der Waals surface area contributed by atoms with E-state index in [1.54, 1.807) is 21.3 Å². The van der Waals surface area contributed by atoms with E-state index in [9.17, 15) is 0 Å². The first kappa shape index (κ1) is 20.3. The van der Waals surface area contributed by atoms with Gasteiger partial charge >= 0.3 is 0 Å². The zero-order chi connectivity index (χ0) is 19.9. The van der Waals surface area contributed by atoms with Crippen molar-refractivity contribution in [3.8, 4) is 17.2 Å². The third-order valence-corrected chi connectivity index (χ3v) is 5.45. The van der Waals surface area contributed by atoms with Crippen LogP contribution in [0.5, 0.6) is 17.2 Å². The minimum absolute atomic E-state index is 0.438. The number of methoxy groups -OCH3 is 3. The monoisotopic (exact) mass is 381 g/mol. The molecule has 1 aliphatic rings. The Labute approximate surface area is 168 Å². The van der Waals surface area contributed by atoms with Crippen LogP contribution in [0.2, 0.25) is 0 Å². The smallest absolute Gasteiger partial charge is 0.164 e. The van der Waals surface area contributed by atoms with Crippen molar-refractivity contribution < 1.29 is 14.2 Å². The van der Waals surface area contributed by atoms with E-state index >= 15 is 0 Å². The van der Waals surface area contributed by atoms with Gasteiger partial charge in [-0.15, -0.1) is 0 Å². The van der Waals surface area contributed by atoms with Crippen LogP contribution in [0.25, 0.3) is 5.57 Å². The van der Waals surface area contributed by atoms with E-state index in [2.05, 4.69) is 36.5 Å². The molecule has 0 radical (unpaired) electrons. The van der Waals surface area contributed by atoms with Gasteiger partial charge in [0, 0.05) is 18.2 Å². The maximum Gasteiger partial charge on any atom is 0.164 e. The topological polar surface area (TPSA) is 39.7 Å². The minimum atomic E-state index is 0.438. The molecule has 0 heterocycles. The molecule has 0 aliphatic heterocycles. The first-order valence-corrected chi connectivity index (χ1v) is 9.95. The standard InChI is InChI=1S/C24H31NO3/c1-17(8-9-18-10-12-20(26-2)13-11-18)25-16-19-6-5-7-22-21(19)14-15-23(27-3)24(22)28-4/h6,10-15,17,25H,5,7-9,16H2,1-4H3.